The minimum atomic E-state index is -0.598. The Balaban J connectivity index is 1.88. The van der Waals surface area contributed by atoms with Crippen LogP contribution in [0.1, 0.15) is 0 Å². The van der Waals surface area contributed by atoms with Crippen LogP contribution in [0.5, 0.6) is 5.75 Å². The number of aromatic nitrogens is 3. The Labute approximate surface area is 160 Å². The lowest BCUT2D eigenvalue weighted by Crippen LogP contribution is -2.11. The summed E-state index contributed by atoms with van der Waals surface area (Å²) in [6.45, 7) is 0. The van der Waals surface area contributed by atoms with Gasteiger partial charge in [0.2, 0.25) is 0 Å². The largest absolute Gasteiger partial charge is 0.508 e. The molecule has 0 spiro atoms. The standard InChI is InChI=1S/C20H17N5O3/c1-28-20(27)23-17-10-11(5-6-22-17)13-8-15(12-3-2-4-14(26)7-12)18-16(9-13)19(21)25-24-18/h2-10,26H,1H3,(H3,21,24,25)(H,22,23,27). The quantitative estimate of drug-likeness (QED) is 0.432. The van der Waals surface area contributed by atoms with Crippen LogP contribution in [0.2, 0.25) is 0 Å². The second-order valence-electron chi connectivity index (χ2n) is 6.15. The van der Waals surface area contributed by atoms with Gasteiger partial charge in [-0.2, -0.15) is 5.10 Å². The van der Waals surface area contributed by atoms with Crippen molar-refractivity contribution in [1.29, 1.82) is 0 Å². The van der Waals surface area contributed by atoms with E-state index >= 15 is 0 Å². The van der Waals surface area contributed by atoms with E-state index in [0.29, 0.717) is 11.6 Å². The summed E-state index contributed by atoms with van der Waals surface area (Å²) in [6.07, 6.45) is 0.997. The van der Waals surface area contributed by atoms with Gasteiger partial charge in [-0.1, -0.05) is 12.1 Å². The fourth-order valence-corrected chi connectivity index (χ4v) is 3.04. The maximum absolute atomic E-state index is 11.5. The number of fused-ring (bicyclic) bond motifs is 1. The van der Waals surface area contributed by atoms with Gasteiger partial charge in [0.15, 0.2) is 5.82 Å². The zero-order valence-corrected chi connectivity index (χ0v) is 14.9. The van der Waals surface area contributed by atoms with Crippen LogP contribution >= 0.6 is 0 Å². The number of nitrogens with one attached hydrogen (secondary N) is 2. The number of carbonyl (C=O) groups excluding carboxylic acids is 1. The minimum absolute atomic E-state index is 0.164. The van der Waals surface area contributed by atoms with Gasteiger partial charge in [0.1, 0.15) is 11.6 Å². The first-order valence-electron chi connectivity index (χ1n) is 8.43. The molecule has 8 nitrogen and oxygen atoms in total. The normalized spacial score (nSPS) is 10.8. The lowest BCUT2D eigenvalue weighted by Gasteiger charge is -2.10. The van der Waals surface area contributed by atoms with Gasteiger partial charge >= 0.3 is 6.09 Å². The summed E-state index contributed by atoms with van der Waals surface area (Å²) < 4.78 is 4.61. The van der Waals surface area contributed by atoms with Crippen molar-refractivity contribution in [3.63, 3.8) is 0 Å². The van der Waals surface area contributed by atoms with E-state index in [9.17, 15) is 9.90 Å². The van der Waals surface area contributed by atoms with E-state index in [0.717, 1.165) is 33.2 Å². The molecule has 4 rings (SSSR count). The molecule has 4 aromatic rings. The number of pyridine rings is 1. The van der Waals surface area contributed by atoms with Crippen LogP contribution in [0.15, 0.2) is 54.7 Å². The Morgan fingerprint density at radius 3 is 2.79 bits per heavy atom. The average molecular weight is 375 g/mol. The number of nitrogens with zero attached hydrogens (tertiary/aromatic N) is 2. The predicted octanol–water partition coefficient (Wildman–Crippen LogP) is 3.76. The van der Waals surface area contributed by atoms with Gasteiger partial charge in [0, 0.05) is 17.1 Å². The first kappa shape index (κ1) is 17.3. The van der Waals surface area contributed by atoms with Gasteiger partial charge in [-0.15, -0.1) is 0 Å². The van der Waals surface area contributed by atoms with Gasteiger partial charge in [-0.05, 0) is 53.1 Å². The lowest BCUT2D eigenvalue weighted by molar-refractivity contribution is 0.187. The summed E-state index contributed by atoms with van der Waals surface area (Å²) in [4.78, 5) is 15.6. The van der Waals surface area contributed by atoms with Crippen LogP contribution in [-0.2, 0) is 4.74 Å². The number of benzene rings is 2. The third-order valence-corrected chi connectivity index (χ3v) is 4.37. The fraction of sp³-hybridized carbons (Fsp3) is 0.0500. The number of hydrogen-bond donors (Lipinski definition) is 4. The Morgan fingerprint density at radius 2 is 2.00 bits per heavy atom. The van der Waals surface area contributed by atoms with Crippen molar-refractivity contribution in [1.82, 2.24) is 15.2 Å². The van der Waals surface area contributed by atoms with Gasteiger partial charge in [0.05, 0.1) is 12.6 Å². The molecule has 1 amide bonds. The van der Waals surface area contributed by atoms with E-state index in [4.69, 9.17) is 5.73 Å². The second-order valence-corrected chi connectivity index (χ2v) is 6.15. The van der Waals surface area contributed by atoms with Crippen LogP contribution in [0.4, 0.5) is 16.4 Å². The van der Waals surface area contributed by atoms with E-state index in [2.05, 4.69) is 25.2 Å². The summed E-state index contributed by atoms with van der Waals surface area (Å²) in [5.41, 5.74) is 10.1. The van der Waals surface area contributed by atoms with Crippen LogP contribution in [0.25, 0.3) is 33.2 Å². The van der Waals surface area contributed by atoms with Gasteiger partial charge in [-0.25, -0.2) is 9.78 Å². The average Bonchev–Trinajstić information content (AvgIpc) is 3.08. The number of nitrogen functional groups attached to an aromatic ring is 1. The predicted molar refractivity (Wildman–Crippen MR) is 107 cm³/mol. The number of aromatic amines is 1. The molecule has 0 radical (unpaired) electrons. The van der Waals surface area contributed by atoms with Crippen LogP contribution in [-0.4, -0.2) is 33.5 Å². The first-order valence-corrected chi connectivity index (χ1v) is 8.43. The number of phenols is 1. The molecule has 0 saturated heterocycles. The second kappa shape index (κ2) is 6.92. The van der Waals surface area contributed by atoms with Crippen LogP contribution in [0, 0.1) is 0 Å². The Hall–Kier alpha value is -4.07. The van der Waals surface area contributed by atoms with Crippen molar-refractivity contribution >= 4 is 28.6 Å². The number of rotatable bonds is 3. The number of hydrogen-bond acceptors (Lipinski definition) is 6. The fourth-order valence-electron chi connectivity index (χ4n) is 3.04. The Morgan fingerprint density at radius 1 is 1.14 bits per heavy atom. The molecule has 140 valence electrons. The highest BCUT2D eigenvalue weighted by atomic mass is 16.5. The summed E-state index contributed by atoms with van der Waals surface area (Å²) in [7, 11) is 1.29. The van der Waals surface area contributed by atoms with E-state index in [1.54, 1.807) is 30.5 Å². The number of phenolic OH excluding ortho intramolecular Hbond substituents is 1. The highest BCUT2D eigenvalue weighted by molar-refractivity contribution is 6.02. The molecule has 2 aromatic heterocycles. The van der Waals surface area contributed by atoms with Crippen molar-refractivity contribution in [2.75, 3.05) is 18.2 Å². The number of amides is 1. The van der Waals surface area contributed by atoms with Gasteiger partial charge in [0.25, 0.3) is 0 Å². The molecule has 28 heavy (non-hydrogen) atoms. The molecule has 0 saturated carbocycles. The van der Waals surface area contributed by atoms with Crippen LogP contribution in [0.3, 0.4) is 0 Å². The molecule has 2 aromatic carbocycles. The number of nitrogens with two attached hydrogens (primary N) is 1. The van der Waals surface area contributed by atoms with Crippen molar-refractivity contribution < 1.29 is 14.6 Å². The molecule has 0 atom stereocenters. The molecule has 0 aliphatic heterocycles. The third-order valence-electron chi connectivity index (χ3n) is 4.37. The molecule has 0 aliphatic rings. The van der Waals surface area contributed by atoms with E-state index < -0.39 is 6.09 Å². The zero-order chi connectivity index (χ0) is 19.7. The minimum Gasteiger partial charge on any atom is -0.508 e. The SMILES string of the molecule is COC(=O)Nc1cc(-c2cc(-c3cccc(O)c3)c3[nH]nc(N)c3c2)ccn1. The van der Waals surface area contributed by atoms with Crippen molar-refractivity contribution in [3.05, 3.63) is 54.7 Å². The van der Waals surface area contributed by atoms with Crippen molar-refractivity contribution in [3.8, 4) is 28.0 Å². The number of H-pyrrole nitrogens is 1. The molecular formula is C20H17N5O3. The number of anilines is 2. The summed E-state index contributed by atoms with van der Waals surface area (Å²) in [6, 6.07) is 14.4. The number of carbonyl (C=O) groups is 1. The third kappa shape index (κ3) is 3.18. The Kier molecular flexibility index (Phi) is 4.29. The maximum Gasteiger partial charge on any atom is 0.412 e. The first-order chi connectivity index (χ1) is 13.5. The molecule has 5 N–H and O–H groups in total. The van der Waals surface area contributed by atoms with Gasteiger partial charge < -0.3 is 15.6 Å². The number of methoxy groups -OCH3 is 1. The van der Waals surface area contributed by atoms with Gasteiger partial charge in [-0.3, -0.25) is 10.4 Å². The lowest BCUT2D eigenvalue weighted by atomic mass is 9.96. The highest BCUT2D eigenvalue weighted by Crippen LogP contribution is 2.36. The monoisotopic (exact) mass is 375 g/mol. The van der Waals surface area contributed by atoms with E-state index in [1.165, 1.54) is 7.11 Å². The number of aromatic hydroxyl groups is 1. The smallest absolute Gasteiger partial charge is 0.412 e. The molecule has 0 bridgehead atoms. The molecular weight excluding hydrogens is 358 g/mol. The topological polar surface area (TPSA) is 126 Å². The molecule has 2 heterocycles. The zero-order valence-electron chi connectivity index (χ0n) is 14.9. The summed E-state index contributed by atoms with van der Waals surface area (Å²) in [5, 5.41) is 20.2. The molecule has 8 heteroatoms. The Bertz CT molecular complexity index is 1190. The van der Waals surface area contributed by atoms with Crippen molar-refractivity contribution in [2.24, 2.45) is 0 Å². The molecule has 0 unspecified atom stereocenters. The summed E-state index contributed by atoms with van der Waals surface area (Å²) >= 11 is 0. The molecule has 0 aliphatic carbocycles. The van der Waals surface area contributed by atoms with Crippen LogP contribution < -0.4 is 11.1 Å². The number of ether oxygens (including phenoxy) is 1. The highest BCUT2D eigenvalue weighted by Gasteiger charge is 2.14. The van der Waals surface area contributed by atoms with E-state index in [-0.39, 0.29) is 5.75 Å². The summed E-state index contributed by atoms with van der Waals surface area (Å²) in [5.74, 6) is 0.903. The van der Waals surface area contributed by atoms with Crippen molar-refractivity contribution in [2.45, 2.75) is 0 Å². The molecule has 0 fully saturated rings. The maximum atomic E-state index is 11.5. The van der Waals surface area contributed by atoms with E-state index in [1.807, 2.05) is 24.3 Å².